The van der Waals surface area contributed by atoms with Crippen LogP contribution in [0.5, 0.6) is 0 Å². The van der Waals surface area contributed by atoms with E-state index in [1.54, 1.807) is 6.20 Å². The van der Waals surface area contributed by atoms with E-state index in [4.69, 9.17) is 0 Å². The molecular weight excluding hydrogens is 174 g/mol. The number of hydrogen-bond donors (Lipinski definition) is 0. The normalized spacial score (nSPS) is 19.1. The number of piperidine rings is 1. The summed E-state index contributed by atoms with van der Waals surface area (Å²) in [6, 6.07) is 1.94. The highest BCUT2D eigenvalue weighted by Crippen LogP contribution is 2.07. The van der Waals surface area contributed by atoms with Gasteiger partial charge >= 0.3 is 0 Å². The molecule has 0 aromatic carbocycles. The molecule has 0 amide bonds. The Labute approximate surface area is 85.0 Å². The summed E-state index contributed by atoms with van der Waals surface area (Å²) in [6.45, 7) is 3.56. The molecule has 76 valence electrons. The van der Waals surface area contributed by atoms with Gasteiger partial charge in [-0.1, -0.05) is 12.5 Å². The Bertz CT molecular complexity index is 271. The van der Waals surface area contributed by atoms with Crippen LogP contribution in [0, 0.1) is 0 Å². The van der Waals surface area contributed by atoms with Gasteiger partial charge in [0, 0.05) is 25.1 Å². The van der Waals surface area contributed by atoms with Gasteiger partial charge in [-0.2, -0.15) is 5.10 Å². The third-order valence-corrected chi connectivity index (χ3v) is 2.60. The van der Waals surface area contributed by atoms with E-state index in [1.165, 1.54) is 32.4 Å². The molecule has 3 nitrogen and oxygen atoms in total. The monoisotopic (exact) mass is 191 g/mol. The van der Waals surface area contributed by atoms with Crippen LogP contribution in [0.15, 0.2) is 24.5 Å². The smallest absolute Gasteiger partial charge is 0.0493 e. The first-order valence-corrected chi connectivity index (χ1v) is 5.33. The van der Waals surface area contributed by atoms with Crippen molar-refractivity contribution in [2.75, 3.05) is 19.6 Å². The second-order valence-electron chi connectivity index (χ2n) is 3.73. The first kappa shape index (κ1) is 9.46. The molecule has 1 aromatic rings. The zero-order valence-corrected chi connectivity index (χ0v) is 8.47. The van der Waals surface area contributed by atoms with Gasteiger partial charge in [0.05, 0.1) is 0 Å². The zero-order chi connectivity index (χ0) is 9.64. The molecule has 3 heteroatoms. The van der Waals surface area contributed by atoms with Gasteiger partial charge in [-0.3, -0.25) is 4.90 Å². The highest BCUT2D eigenvalue weighted by molar-refractivity contribution is 5.20. The van der Waals surface area contributed by atoms with E-state index < -0.39 is 0 Å². The highest BCUT2D eigenvalue weighted by Gasteiger charge is 2.07. The maximum Gasteiger partial charge on any atom is 0.0493 e. The van der Waals surface area contributed by atoms with Crippen molar-refractivity contribution >= 4 is 6.20 Å². The summed E-state index contributed by atoms with van der Waals surface area (Å²) in [5, 5.41) is 4.11. The largest absolute Gasteiger partial charge is 0.300 e. The molecular formula is C11H17N3. The van der Waals surface area contributed by atoms with Crippen LogP contribution in [0.4, 0.5) is 0 Å². The van der Waals surface area contributed by atoms with Gasteiger partial charge in [0.2, 0.25) is 0 Å². The average Bonchev–Trinajstić information content (AvgIpc) is 2.72. The maximum absolute atomic E-state index is 4.11. The molecule has 1 saturated heterocycles. The van der Waals surface area contributed by atoms with Crippen molar-refractivity contribution in [3.63, 3.8) is 0 Å². The Morgan fingerprint density at radius 2 is 2.07 bits per heavy atom. The highest BCUT2D eigenvalue weighted by atomic mass is 15.2. The van der Waals surface area contributed by atoms with Crippen molar-refractivity contribution in [2.24, 2.45) is 0 Å². The molecule has 0 radical (unpaired) electrons. The minimum absolute atomic E-state index is 1.06. The summed E-state index contributed by atoms with van der Waals surface area (Å²) in [4.78, 5) is 2.49. The van der Waals surface area contributed by atoms with Crippen LogP contribution in [0.2, 0.25) is 0 Å². The molecule has 0 N–H and O–H groups in total. The van der Waals surface area contributed by atoms with Gasteiger partial charge in [0.15, 0.2) is 0 Å². The van der Waals surface area contributed by atoms with Gasteiger partial charge in [-0.05, 0) is 32.0 Å². The number of rotatable bonds is 3. The molecule has 0 atom stereocenters. The van der Waals surface area contributed by atoms with Gasteiger partial charge in [0.1, 0.15) is 0 Å². The molecule has 0 saturated carbocycles. The van der Waals surface area contributed by atoms with Crippen molar-refractivity contribution in [3.8, 4) is 0 Å². The van der Waals surface area contributed by atoms with Crippen LogP contribution in [-0.2, 0) is 0 Å². The van der Waals surface area contributed by atoms with Crippen LogP contribution >= 0.6 is 0 Å². The lowest BCUT2D eigenvalue weighted by molar-refractivity contribution is 0.252. The second-order valence-corrected chi connectivity index (χ2v) is 3.73. The molecule has 1 aliphatic heterocycles. The lowest BCUT2D eigenvalue weighted by atomic mass is 10.1. The maximum atomic E-state index is 4.11. The van der Waals surface area contributed by atoms with Gasteiger partial charge < -0.3 is 0 Å². The number of nitrogens with zero attached hydrogens (tertiary/aromatic N) is 3. The zero-order valence-electron chi connectivity index (χ0n) is 8.47. The minimum atomic E-state index is 1.06. The van der Waals surface area contributed by atoms with E-state index in [1.807, 2.05) is 23.1 Å². The van der Waals surface area contributed by atoms with E-state index in [9.17, 15) is 0 Å². The number of hydrogen-bond acceptors (Lipinski definition) is 2. The van der Waals surface area contributed by atoms with E-state index in [2.05, 4.69) is 16.1 Å². The lowest BCUT2D eigenvalue weighted by Gasteiger charge is -2.24. The topological polar surface area (TPSA) is 21.1 Å². The predicted octanol–water partition coefficient (Wildman–Crippen LogP) is 1.84. The van der Waals surface area contributed by atoms with E-state index in [0.29, 0.717) is 0 Å². The molecule has 0 aliphatic carbocycles. The average molecular weight is 191 g/mol. The summed E-state index contributed by atoms with van der Waals surface area (Å²) in [5.41, 5.74) is 0. The Morgan fingerprint density at radius 1 is 1.21 bits per heavy atom. The molecule has 1 fully saturated rings. The molecule has 14 heavy (non-hydrogen) atoms. The van der Waals surface area contributed by atoms with Crippen LogP contribution in [0.25, 0.3) is 6.20 Å². The van der Waals surface area contributed by atoms with Crippen molar-refractivity contribution < 1.29 is 0 Å². The fraction of sp³-hybridized carbons (Fsp3) is 0.545. The molecule has 0 unspecified atom stereocenters. The van der Waals surface area contributed by atoms with Crippen molar-refractivity contribution in [2.45, 2.75) is 19.3 Å². The van der Waals surface area contributed by atoms with E-state index in [0.717, 1.165) is 6.54 Å². The van der Waals surface area contributed by atoms with Crippen LogP contribution in [0.3, 0.4) is 0 Å². The number of aromatic nitrogens is 2. The lowest BCUT2D eigenvalue weighted by Crippen LogP contribution is -2.29. The minimum Gasteiger partial charge on any atom is -0.300 e. The Morgan fingerprint density at radius 3 is 2.79 bits per heavy atom. The van der Waals surface area contributed by atoms with Crippen molar-refractivity contribution in [1.82, 2.24) is 14.7 Å². The second kappa shape index (κ2) is 4.96. The SMILES string of the molecule is C(=C\n1cccn1)/CN1CCCCC1. The van der Waals surface area contributed by atoms with Crippen LogP contribution in [-0.4, -0.2) is 34.3 Å². The van der Waals surface area contributed by atoms with Gasteiger partial charge in [0.25, 0.3) is 0 Å². The standard InChI is InChI=1S/C11H17N3/c1-2-7-13(8-3-1)9-5-11-14-10-4-6-12-14/h4-6,10-11H,1-3,7-9H2/b11-5+. The third-order valence-electron chi connectivity index (χ3n) is 2.60. The third kappa shape index (κ3) is 2.70. The van der Waals surface area contributed by atoms with Crippen LogP contribution in [0.1, 0.15) is 19.3 Å². The molecule has 2 rings (SSSR count). The quantitative estimate of drug-likeness (QED) is 0.727. The van der Waals surface area contributed by atoms with Gasteiger partial charge in [-0.25, -0.2) is 4.68 Å². The summed E-state index contributed by atoms with van der Waals surface area (Å²) in [6.07, 6.45) is 12.1. The molecule has 0 spiro atoms. The van der Waals surface area contributed by atoms with E-state index in [-0.39, 0.29) is 0 Å². The molecule has 1 aliphatic rings. The van der Waals surface area contributed by atoms with Crippen molar-refractivity contribution in [3.05, 3.63) is 24.5 Å². The predicted molar refractivity (Wildman–Crippen MR) is 57.8 cm³/mol. The Hall–Kier alpha value is -1.09. The van der Waals surface area contributed by atoms with Crippen LogP contribution < -0.4 is 0 Å². The van der Waals surface area contributed by atoms with Crippen molar-refractivity contribution in [1.29, 1.82) is 0 Å². The Balaban J connectivity index is 1.76. The first-order valence-electron chi connectivity index (χ1n) is 5.33. The molecule has 2 heterocycles. The van der Waals surface area contributed by atoms with Gasteiger partial charge in [-0.15, -0.1) is 0 Å². The summed E-state index contributed by atoms with van der Waals surface area (Å²) >= 11 is 0. The fourth-order valence-corrected chi connectivity index (χ4v) is 1.81. The molecule has 0 bridgehead atoms. The van der Waals surface area contributed by atoms with E-state index >= 15 is 0 Å². The summed E-state index contributed by atoms with van der Waals surface area (Å²) < 4.78 is 1.84. The summed E-state index contributed by atoms with van der Waals surface area (Å²) in [7, 11) is 0. The Kier molecular flexibility index (Phi) is 3.35. The number of likely N-dealkylation sites (tertiary alicyclic amines) is 1. The fourth-order valence-electron chi connectivity index (χ4n) is 1.81. The summed E-state index contributed by atoms with van der Waals surface area (Å²) in [5.74, 6) is 0. The first-order chi connectivity index (χ1) is 6.95. The molecule has 1 aromatic heterocycles.